The fourth-order valence-electron chi connectivity index (χ4n) is 5.90. The van der Waals surface area contributed by atoms with Crippen molar-refractivity contribution in [3.63, 3.8) is 0 Å². The van der Waals surface area contributed by atoms with Gasteiger partial charge in [-0.1, -0.05) is 82.7 Å². The molecule has 0 spiro atoms. The van der Waals surface area contributed by atoms with Gasteiger partial charge in [0, 0.05) is 23.5 Å². The number of hydrogen-bond acceptors (Lipinski definition) is 7. The van der Waals surface area contributed by atoms with Crippen molar-refractivity contribution in [1.82, 2.24) is 9.55 Å². The lowest BCUT2D eigenvalue weighted by atomic mass is 9.79. The lowest BCUT2D eigenvalue weighted by Gasteiger charge is -2.41. The molecular formula is C36H39BrN2O7. The van der Waals surface area contributed by atoms with E-state index in [4.69, 9.17) is 18.9 Å². The lowest BCUT2D eigenvalue weighted by molar-refractivity contribution is -0.143. The van der Waals surface area contributed by atoms with Crippen molar-refractivity contribution in [2.75, 3.05) is 19.5 Å². The Hall–Kier alpha value is -3.96. The Kier molecular flexibility index (Phi) is 11.0. The SMILES string of the molecule is COc1ccc(C(O[C@@H](C/C=C\CCBr)[C@H]2O[C@@H](n3cc(C)c(=O)[nH]c3=O)C[C@@H]2O)(c2ccccc2)c2ccc(OC)cc2)cc1. The van der Waals surface area contributed by atoms with Gasteiger partial charge >= 0.3 is 5.69 Å². The van der Waals surface area contributed by atoms with Crippen molar-refractivity contribution in [1.29, 1.82) is 0 Å². The van der Waals surface area contributed by atoms with Crippen LogP contribution in [0.4, 0.5) is 0 Å². The van der Waals surface area contributed by atoms with Gasteiger partial charge in [0.05, 0.1) is 26.4 Å². The number of H-pyrrole nitrogens is 1. The first-order chi connectivity index (χ1) is 22.3. The van der Waals surface area contributed by atoms with Crippen LogP contribution in [0, 0.1) is 6.92 Å². The molecule has 1 aliphatic heterocycles. The van der Waals surface area contributed by atoms with Crippen LogP contribution in [0.2, 0.25) is 0 Å². The molecule has 0 amide bonds. The minimum Gasteiger partial charge on any atom is -0.497 e. The monoisotopic (exact) mass is 690 g/mol. The highest BCUT2D eigenvalue weighted by molar-refractivity contribution is 9.09. The Labute approximate surface area is 276 Å². The van der Waals surface area contributed by atoms with Crippen LogP contribution in [0.15, 0.2) is 107 Å². The fraction of sp³-hybridized carbons (Fsp3) is 0.333. The number of aliphatic hydroxyl groups excluding tert-OH is 1. The number of aryl methyl sites for hydroxylation is 1. The van der Waals surface area contributed by atoms with Gasteiger partial charge in [-0.05, 0) is 60.7 Å². The molecule has 0 radical (unpaired) electrons. The molecule has 3 aromatic carbocycles. The van der Waals surface area contributed by atoms with Gasteiger partial charge in [0.2, 0.25) is 0 Å². The Balaban J connectivity index is 1.65. The number of halogens is 1. The Morgan fingerprint density at radius 3 is 2.11 bits per heavy atom. The van der Waals surface area contributed by atoms with E-state index in [1.807, 2.05) is 84.9 Å². The van der Waals surface area contributed by atoms with Crippen molar-refractivity contribution in [2.24, 2.45) is 0 Å². The molecule has 1 saturated heterocycles. The zero-order valence-corrected chi connectivity index (χ0v) is 27.7. The van der Waals surface area contributed by atoms with Gasteiger partial charge in [0.1, 0.15) is 29.4 Å². The standard InChI is InChI=1S/C36H39BrN2O7/c1-24-23-39(35(42)38-34(24)41)32-22-30(40)33(45-32)31(12-8-5-9-21-37)46-36(25-10-6-4-7-11-25,26-13-17-28(43-2)18-14-26)27-15-19-29(44-3)20-16-27/h4-8,10-11,13-20,23,30-33,40H,9,12,21-22H2,1-3H3,(H,38,41,42)/b8-5-/t30-,31-,32+,33-/m0/s1. The molecule has 242 valence electrons. The maximum atomic E-state index is 12.8. The maximum Gasteiger partial charge on any atom is 0.330 e. The van der Waals surface area contributed by atoms with Crippen LogP contribution in [0.5, 0.6) is 11.5 Å². The number of methoxy groups -OCH3 is 2. The van der Waals surface area contributed by atoms with Crippen molar-refractivity contribution < 1.29 is 24.1 Å². The molecule has 0 bridgehead atoms. The number of aliphatic hydroxyl groups is 1. The summed E-state index contributed by atoms with van der Waals surface area (Å²) < 4.78 is 26.1. The van der Waals surface area contributed by atoms with E-state index in [1.165, 1.54) is 10.8 Å². The second-order valence-corrected chi connectivity index (χ2v) is 12.0. The third-order valence-corrected chi connectivity index (χ3v) is 8.73. The predicted octanol–water partition coefficient (Wildman–Crippen LogP) is 5.62. The van der Waals surface area contributed by atoms with Gasteiger partial charge in [-0.15, -0.1) is 0 Å². The maximum absolute atomic E-state index is 12.8. The molecule has 5 rings (SSSR count). The Morgan fingerprint density at radius 2 is 1.54 bits per heavy atom. The largest absolute Gasteiger partial charge is 0.497 e. The van der Waals surface area contributed by atoms with E-state index in [2.05, 4.69) is 27.0 Å². The predicted molar refractivity (Wildman–Crippen MR) is 180 cm³/mol. The molecule has 9 nitrogen and oxygen atoms in total. The van der Waals surface area contributed by atoms with E-state index in [1.54, 1.807) is 21.1 Å². The summed E-state index contributed by atoms with van der Waals surface area (Å²) in [5, 5.41) is 12.3. The summed E-state index contributed by atoms with van der Waals surface area (Å²) in [6.07, 6.45) is 3.70. The number of nitrogens with zero attached hydrogens (tertiary/aromatic N) is 1. The third-order valence-electron chi connectivity index (χ3n) is 8.27. The molecule has 46 heavy (non-hydrogen) atoms. The van der Waals surface area contributed by atoms with Gasteiger partial charge < -0.3 is 24.1 Å². The molecule has 1 fully saturated rings. The van der Waals surface area contributed by atoms with Gasteiger partial charge in [-0.25, -0.2) is 4.79 Å². The number of alkyl halides is 1. The van der Waals surface area contributed by atoms with Crippen molar-refractivity contribution in [3.05, 3.63) is 140 Å². The topological polar surface area (TPSA) is 112 Å². The van der Waals surface area contributed by atoms with Crippen LogP contribution < -0.4 is 20.7 Å². The first-order valence-corrected chi connectivity index (χ1v) is 16.3. The molecule has 10 heteroatoms. The van der Waals surface area contributed by atoms with E-state index in [-0.39, 0.29) is 6.42 Å². The summed E-state index contributed by atoms with van der Waals surface area (Å²) in [6, 6.07) is 25.4. The number of benzene rings is 3. The highest BCUT2D eigenvalue weighted by atomic mass is 79.9. The zero-order valence-electron chi connectivity index (χ0n) is 26.1. The Bertz CT molecular complexity index is 1670. The van der Waals surface area contributed by atoms with Gasteiger partial charge in [0.25, 0.3) is 5.56 Å². The van der Waals surface area contributed by atoms with Gasteiger partial charge in [0.15, 0.2) is 0 Å². The molecule has 2 heterocycles. The minimum absolute atomic E-state index is 0.143. The molecule has 2 N–H and O–H groups in total. The first kappa shape index (κ1) is 33.4. The summed E-state index contributed by atoms with van der Waals surface area (Å²) in [6.45, 7) is 1.62. The van der Waals surface area contributed by atoms with Crippen molar-refractivity contribution in [2.45, 2.75) is 56.3 Å². The zero-order chi connectivity index (χ0) is 32.7. The summed E-state index contributed by atoms with van der Waals surface area (Å²) >= 11 is 3.48. The molecule has 4 aromatic rings. The van der Waals surface area contributed by atoms with Crippen LogP contribution in [0.1, 0.15) is 47.7 Å². The van der Waals surface area contributed by atoms with E-state index < -0.39 is 41.4 Å². The second-order valence-electron chi connectivity index (χ2n) is 11.2. The highest BCUT2D eigenvalue weighted by Gasteiger charge is 2.46. The molecule has 0 unspecified atom stereocenters. The van der Waals surface area contributed by atoms with E-state index in [9.17, 15) is 14.7 Å². The molecule has 1 aliphatic rings. The van der Waals surface area contributed by atoms with Crippen LogP contribution in [0.3, 0.4) is 0 Å². The first-order valence-electron chi connectivity index (χ1n) is 15.2. The lowest BCUT2D eigenvalue weighted by Crippen LogP contribution is -2.44. The minimum atomic E-state index is -1.15. The average Bonchev–Trinajstić information content (AvgIpc) is 3.47. The second kappa shape index (κ2) is 15.1. The van der Waals surface area contributed by atoms with Crippen LogP contribution in [-0.4, -0.2) is 52.5 Å². The number of nitrogens with one attached hydrogen (secondary N) is 1. The number of rotatable bonds is 13. The molecule has 0 aliphatic carbocycles. The van der Waals surface area contributed by atoms with Gasteiger partial charge in [-0.3, -0.25) is 14.3 Å². The van der Waals surface area contributed by atoms with Crippen molar-refractivity contribution in [3.8, 4) is 11.5 Å². The Morgan fingerprint density at radius 1 is 0.957 bits per heavy atom. The number of allylic oxidation sites excluding steroid dienone is 1. The number of aromatic nitrogens is 2. The van der Waals surface area contributed by atoms with Crippen molar-refractivity contribution >= 4 is 15.9 Å². The van der Waals surface area contributed by atoms with E-state index in [0.717, 1.165) is 28.4 Å². The average molecular weight is 692 g/mol. The number of hydrogen-bond donors (Lipinski definition) is 2. The van der Waals surface area contributed by atoms with Gasteiger partial charge in [-0.2, -0.15) is 0 Å². The van der Waals surface area contributed by atoms with E-state index >= 15 is 0 Å². The smallest absolute Gasteiger partial charge is 0.330 e. The van der Waals surface area contributed by atoms with E-state index in [0.29, 0.717) is 23.5 Å². The molecule has 1 aromatic heterocycles. The van der Waals surface area contributed by atoms with Crippen LogP contribution >= 0.6 is 15.9 Å². The fourth-order valence-corrected chi connectivity index (χ4v) is 6.16. The summed E-state index contributed by atoms with van der Waals surface area (Å²) in [4.78, 5) is 27.2. The summed E-state index contributed by atoms with van der Waals surface area (Å²) in [7, 11) is 3.25. The molecule has 0 saturated carbocycles. The normalized spacial score (nSPS) is 18.9. The number of aromatic amines is 1. The summed E-state index contributed by atoms with van der Waals surface area (Å²) in [5.74, 6) is 1.41. The summed E-state index contributed by atoms with van der Waals surface area (Å²) in [5.41, 5.74) is 0.718. The molecule has 4 atom stereocenters. The third kappa shape index (κ3) is 7.05. The molecular weight excluding hydrogens is 652 g/mol. The quantitative estimate of drug-likeness (QED) is 0.106. The number of ether oxygens (including phenoxy) is 4. The van der Waals surface area contributed by atoms with Crippen LogP contribution in [0.25, 0.3) is 0 Å². The van der Waals surface area contributed by atoms with Crippen LogP contribution in [-0.2, 0) is 15.1 Å². The highest BCUT2D eigenvalue weighted by Crippen LogP contribution is 2.45.